The Bertz CT molecular complexity index is 254. The van der Waals surface area contributed by atoms with E-state index in [1.165, 1.54) is 5.56 Å². The Morgan fingerprint density at radius 3 is 2.50 bits per heavy atom. The molecule has 0 saturated carbocycles. The normalized spacial score (nSPS) is 8.50. The van der Waals surface area contributed by atoms with Crippen molar-refractivity contribution in [3.63, 3.8) is 0 Å². The van der Waals surface area contributed by atoms with Gasteiger partial charge in [-0.25, -0.2) is 4.98 Å². The summed E-state index contributed by atoms with van der Waals surface area (Å²) < 4.78 is 0. The quantitative estimate of drug-likeness (QED) is 0.867. The highest BCUT2D eigenvalue weighted by atomic mass is 35.5. The summed E-state index contributed by atoms with van der Waals surface area (Å²) in [6.07, 6.45) is 2.69. The Morgan fingerprint density at radius 2 is 2.00 bits per heavy atom. The Labute approximate surface area is 97.5 Å². The zero-order chi connectivity index (χ0) is 8.97. The Hall–Kier alpha value is -0.510. The first-order valence-electron chi connectivity index (χ1n) is 4.07. The van der Waals surface area contributed by atoms with Gasteiger partial charge in [0, 0.05) is 20.3 Å². The first kappa shape index (κ1) is 15.9. The Morgan fingerprint density at radius 1 is 1.36 bits per heavy atom. The summed E-state index contributed by atoms with van der Waals surface area (Å²) in [6, 6.07) is 4.01. The van der Waals surface area contributed by atoms with E-state index in [1.54, 1.807) is 6.20 Å². The smallest absolute Gasteiger partial charge is 0.131 e. The summed E-state index contributed by atoms with van der Waals surface area (Å²) in [7, 11) is 3.98. The second-order valence-corrected chi connectivity index (χ2v) is 2.92. The van der Waals surface area contributed by atoms with Crippen LogP contribution in [0.15, 0.2) is 18.3 Å². The molecule has 0 saturated heterocycles. The van der Waals surface area contributed by atoms with E-state index in [4.69, 9.17) is 5.73 Å². The van der Waals surface area contributed by atoms with Gasteiger partial charge in [0.25, 0.3) is 0 Å². The number of hydrogen-bond donors (Lipinski definition) is 1. The van der Waals surface area contributed by atoms with E-state index >= 15 is 0 Å². The lowest BCUT2D eigenvalue weighted by molar-refractivity contribution is 0.936. The highest BCUT2D eigenvalue weighted by Gasteiger charge is 2.02. The molecule has 0 spiro atoms. The zero-order valence-corrected chi connectivity index (χ0v) is 10.1. The molecule has 0 aliphatic rings. The second kappa shape index (κ2) is 7.85. The molecule has 2 N–H and O–H groups in total. The number of halogens is 2. The van der Waals surface area contributed by atoms with Crippen LogP contribution in [0.4, 0.5) is 5.82 Å². The van der Waals surface area contributed by atoms with Crippen LogP contribution in [0.2, 0.25) is 0 Å². The number of nitrogens with two attached hydrogens (primary N) is 1. The third-order valence-electron chi connectivity index (χ3n) is 1.70. The molecule has 1 aromatic rings. The maximum atomic E-state index is 5.48. The van der Waals surface area contributed by atoms with Crippen LogP contribution in [0.3, 0.4) is 0 Å². The lowest BCUT2D eigenvalue weighted by Crippen LogP contribution is -2.14. The van der Waals surface area contributed by atoms with Crippen molar-refractivity contribution in [1.82, 2.24) is 4.98 Å². The molecule has 0 aliphatic carbocycles. The third kappa shape index (κ3) is 4.13. The van der Waals surface area contributed by atoms with Gasteiger partial charge in [-0.15, -0.1) is 24.8 Å². The number of rotatable bonds is 3. The minimum Gasteiger partial charge on any atom is -0.363 e. The molecular weight excluding hydrogens is 221 g/mol. The highest BCUT2D eigenvalue weighted by Crippen LogP contribution is 2.13. The summed E-state index contributed by atoms with van der Waals surface area (Å²) >= 11 is 0. The van der Waals surface area contributed by atoms with Crippen molar-refractivity contribution < 1.29 is 0 Å². The van der Waals surface area contributed by atoms with Crippen LogP contribution in [0, 0.1) is 0 Å². The molecule has 0 radical (unpaired) electrons. The predicted molar refractivity (Wildman–Crippen MR) is 65.8 cm³/mol. The maximum absolute atomic E-state index is 5.48. The SMILES string of the molecule is CN(C)c1ncccc1CCN.Cl.Cl. The molecule has 1 rings (SSSR count). The fraction of sp³-hybridized carbons (Fsp3) is 0.444. The summed E-state index contributed by atoms with van der Waals surface area (Å²) in [5, 5.41) is 0. The molecule has 14 heavy (non-hydrogen) atoms. The molecule has 82 valence electrons. The lowest BCUT2D eigenvalue weighted by Gasteiger charge is -2.14. The molecule has 1 heterocycles. The van der Waals surface area contributed by atoms with Gasteiger partial charge in [-0.05, 0) is 24.6 Å². The molecule has 5 heteroatoms. The molecule has 0 unspecified atom stereocenters. The van der Waals surface area contributed by atoms with E-state index in [-0.39, 0.29) is 24.8 Å². The Kier molecular flexibility index (Phi) is 8.94. The summed E-state index contributed by atoms with van der Waals surface area (Å²) in [6.45, 7) is 0.673. The predicted octanol–water partition coefficient (Wildman–Crippen LogP) is 1.49. The molecule has 3 nitrogen and oxygen atoms in total. The maximum Gasteiger partial charge on any atom is 0.131 e. The van der Waals surface area contributed by atoms with Crippen LogP contribution in [-0.4, -0.2) is 25.6 Å². The van der Waals surface area contributed by atoms with Crippen molar-refractivity contribution in [3.05, 3.63) is 23.9 Å². The Balaban J connectivity index is 0. The molecule has 1 aromatic heterocycles. The third-order valence-corrected chi connectivity index (χ3v) is 1.70. The van der Waals surface area contributed by atoms with Gasteiger partial charge in [-0.2, -0.15) is 0 Å². The fourth-order valence-electron chi connectivity index (χ4n) is 1.18. The van der Waals surface area contributed by atoms with Crippen molar-refractivity contribution in [2.24, 2.45) is 5.73 Å². The average Bonchev–Trinajstić information content (AvgIpc) is 2.05. The first-order valence-corrected chi connectivity index (χ1v) is 4.07. The van der Waals surface area contributed by atoms with Gasteiger partial charge in [0.2, 0.25) is 0 Å². The molecule has 0 aliphatic heterocycles. The minimum absolute atomic E-state index is 0. The van der Waals surface area contributed by atoms with E-state index < -0.39 is 0 Å². The van der Waals surface area contributed by atoms with E-state index in [0.29, 0.717) is 6.54 Å². The van der Waals surface area contributed by atoms with E-state index in [2.05, 4.69) is 11.1 Å². The van der Waals surface area contributed by atoms with Gasteiger partial charge < -0.3 is 10.6 Å². The van der Waals surface area contributed by atoms with Gasteiger partial charge in [-0.3, -0.25) is 0 Å². The van der Waals surface area contributed by atoms with E-state index in [9.17, 15) is 0 Å². The van der Waals surface area contributed by atoms with Crippen LogP contribution >= 0.6 is 24.8 Å². The van der Waals surface area contributed by atoms with Crippen molar-refractivity contribution in [2.45, 2.75) is 6.42 Å². The van der Waals surface area contributed by atoms with Crippen LogP contribution in [-0.2, 0) is 6.42 Å². The standard InChI is InChI=1S/C9H15N3.2ClH/c1-12(2)9-8(5-6-10)4-3-7-11-9;;/h3-4,7H,5-6,10H2,1-2H3;2*1H. The van der Waals surface area contributed by atoms with Crippen LogP contribution in [0.25, 0.3) is 0 Å². The van der Waals surface area contributed by atoms with Gasteiger partial charge >= 0.3 is 0 Å². The largest absolute Gasteiger partial charge is 0.363 e. The lowest BCUT2D eigenvalue weighted by atomic mass is 10.2. The summed E-state index contributed by atoms with van der Waals surface area (Å²) in [4.78, 5) is 6.27. The topological polar surface area (TPSA) is 42.2 Å². The molecule has 0 fully saturated rings. The summed E-state index contributed by atoms with van der Waals surface area (Å²) in [5.74, 6) is 1.02. The van der Waals surface area contributed by atoms with Crippen LogP contribution in [0.5, 0.6) is 0 Å². The highest BCUT2D eigenvalue weighted by molar-refractivity contribution is 5.85. The molecule has 0 bridgehead atoms. The average molecular weight is 238 g/mol. The van der Waals surface area contributed by atoms with Crippen molar-refractivity contribution in [1.29, 1.82) is 0 Å². The number of pyridine rings is 1. The summed E-state index contributed by atoms with van der Waals surface area (Å²) in [5.41, 5.74) is 6.70. The van der Waals surface area contributed by atoms with Crippen molar-refractivity contribution in [3.8, 4) is 0 Å². The number of hydrogen-bond acceptors (Lipinski definition) is 3. The molecule has 0 amide bonds. The monoisotopic (exact) mass is 237 g/mol. The van der Waals surface area contributed by atoms with Crippen molar-refractivity contribution >= 4 is 30.6 Å². The van der Waals surface area contributed by atoms with Gasteiger partial charge in [0.05, 0.1) is 0 Å². The second-order valence-electron chi connectivity index (χ2n) is 2.92. The van der Waals surface area contributed by atoms with E-state index in [0.717, 1.165) is 12.2 Å². The fourth-order valence-corrected chi connectivity index (χ4v) is 1.18. The molecule has 0 atom stereocenters. The first-order chi connectivity index (χ1) is 5.75. The van der Waals surface area contributed by atoms with Gasteiger partial charge in [-0.1, -0.05) is 6.07 Å². The van der Waals surface area contributed by atoms with Crippen molar-refractivity contribution in [2.75, 3.05) is 25.5 Å². The van der Waals surface area contributed by atoms with Crippen LogP contribution < -0.4 is 10.6 Å². The number of anilines is 1. The zero-order valence-electron chi connectivity index (χ0n) is 8.43. The van der Waals surface area contributed by atoms with Crippen LogP contribution in [0.1, 0.15) is 5.56 Å². The molecular formula is C9H17Cl2N3. The molecule has 0 aromatic carbocycles. The number of aromatic nitrogens is 1. The van der Waals surface area contributed by atoms with Gasteiger partial charge in [0.15, 0.2) is 0 Å². The minimum atomic E-state index is 0. The van der Waals surface area contributed by atoms with E-state index in [1.807, 2.05) is 25.1 Å². The number of nitrogens with zero attached hydrogens (tertiary/aromatic N) is 2. The van der Waals surface area contributed by atoms with Gasteiger partial charge in [0.1, 0.15) is 5.82 Å².